The Morgan fingerprint density at radius 2 is 2.12 bits per heavy atom. The highest BCUT2D eigenvalue weighted by Gasteiger charge is 2.23. The number of nitrogens with zero attached hydrogens (tertiary/aromatic N) is 1. The fourth-order valence-electron chi connectivity index (χ4n) is 3.96. The van der Waals surface area contributed by atoms with Crippen LogP contribution in [-0.4, -0.2) is 38.3 Å². The molecule has 1 aromatic carbocycles. The van der Waals surface area contributed by atoms with Gasteiger partial charge in [0.2, 0.25) is 5.91 Å². The van der Waals surface area contributed by atoms with Crippen LogP contribution < -0.4 is 10.2 Å². The normalized spacial score (nSPS) is 22.0. The molecule has 0 aromatic heterocycles. The fourth-order valence-corrected chi connectivity index (χ4v) is 3.96. The molecule has 5 heteroatoms. The summed E-state index contributed by atoms with van der Waals surface area (Å²) in [5, 5.41) is 3.20. The molecule has 0 bridgehead atoms. The number of nitrogens with one attached hydrogen (secondary N) is 1. The van der Waals surface area contributed by atoms with Gasteiger partial charge in [-0.05, 0) is 68.7 Å². The molecule has 0 radical (unpaired) electrons. The molecule has 1 N–H and O–H groups in total. The van der Waals surface area contributed by atoms with Crippen LogP contribution in [0.2, 0.25) is 0 Å². The summed E-state index contributed by atoms with van der Waals surface area (Å²) in [5.74, 6) is 0.592. The highest BCUT2D eigenvalue weighted by Crippen LogP contribution is 2.25. The molecule has 2 aliphatic rings. The van der Waals surface area contributed by atoms with Crippen molar-refractivity contribution in [2.24, 2.45) is 5.92 Å². The number of hydrogen-bond acceptors (Lipinski definition) is 3. The molecule has 0 saturated carbocycles. The van der Waals surface area contributed by atoms with Crippen molar-refractivity contribution in [3.05, 3.63) is 29.6 Å². The molecule has 25 heavy (non-hydrogen) atoms. The standard InChI is InChI=1S/C20H29FN2O2/c1-15-13-17(21)5-6-19(15)23-10-2-3-18(14-23)22-20(24)7-4-16-8-11-25-12-9-16/h5-6,13,16,18H,2-4,7-12,14H2,1H3,(H,22,24). The van der Waals surface area contributed by atoms with Gasteiger partial charge in [-0.25, -0.2) is 4.39 Å². The lowest BCUT2D eigenvalue weighted by atomic mass is 9.94. The number of carbonyl (C=O) groups excluding carboxylic acids is 1. The number of rotatable bonds is 5. The molecule has 2 heterocycles. The Balaban J connectivity index is 1.48. The van der Waals surface area contributed by atoms with Crippen LogP contribution in [-0.2, 0) is 9.53 Å². The zero-order valence-corrected chi connectivity index (χ0v) is 15.1. The monoisotopic (exact) mass is 348 g/mol. The van der Waals surface area contributed by atoms with E-state index in [2.05, 4.69) is 10.2 Å². The second kappa shape index (κ2) is 8.65. The fraction of sp³-hybridized carbons (Fsp3) is 0.650. The van der Waals surface area contributed by atoms with Crippen molar-refractivity contribution in [3.63, 3.8) is 0 Å². The van der Waals surface area contributed by atoms with Gasteiger partial charge in [0.25, 0.3) is 0 Å². The lowest BCUT2D eigenvalue weighted by Crippen LogP contribution is -2.48. The van der Waals surface area contributed by atoms with Crippen LogP contribution in [0.5, 0.6) is 0 Å². The molecule has 2 saturated heterocycles. The first-order valence-corrected chi connectivity index (χ1v) is 9.50. The Morgan fingerprint density at radius 3 is 2.88 bits per heavy atom. The van der Waals surface area contributed by atoms with E-state index in [0.717, 1.165) is 69.7 Å². The molecular weight excluding hydrogens is 319 g/mol. The van der Waals surface area contributed by atoms with Gasteiger partial charge in [-0.1, -0.05) is 0 Å². The molecule has 0 spiro atoms. The van der Waals surface area contributed by atoms with Gasteiger partial charge in [0.15, 0.2) is 0 Å². The molecule has 1 unspecified atom stereocenters. The zero-order chi connectivity index (χ0) is 17.6. The first kappa shape index (κ1) is 18.2. The largest absolute Gasteiger partial charge is 0.381 e. The lowest BCUT2D eigenvalue weighted by molar-refractivity contribution is -0.122. The highest BCUT2D eigenvalue weighted by molar-refractivity contribution is 5.76. The van der Waals surface area contributed by atoms with Crippen molar-refractivity contribution in [2.75, 3.05) is 31.2 Å². The Hall–Kier alpha value is -1.62. The second-order valence-corrected chi connectivity index (χ2v) is 7.38. The summed E-state index contributed by atoms with van der Waals surface area (Å²) < 4.78 is 18.7. The third-order valence-electron chi connectivity index (χ3n) is 5.41. The van der Waals surface area contributed by atoms with Crippen LogP contribution in [0, 0.1) is 18.7 Å². The van der Waals surface area contributed by atoms with Crippen molar-refractivity contribution < 1.29 is 13.9 Å². The van der Waals surface area contributed by atoms with E-state index in [-0.39, 0.29) is 17.8 Å². The maximum absolute atomic E-state index is 13.3. The SMILES string of the molecule is Cc1cc(F)ccc1N1CCCC(NC(=O)CCC2CCOCC2)C1. The van der Waals surface area contributed by atoms with Crippen molar-refractivity contribution in [1.82, 2.24) is 5.32 Å². The minimum absolute atomic E-state index is 0.161. The van der Waals surface area contributed by atoms with Crippen LogP contribution in [0.4, 0.5) is 10.1 Å². The average Bonchev–Trinajstić information content (AvgIpc) is 2.61. The quantitative estimate of drug-likeness (QED) is 0.886. The summed E-state index contributed by atoms with van der Waals surface area (Å²) in [6.07, 6.45) is 5.78. The van der Waals surface area contributed by atoms with E-state index in [1.165, 1.54) is 6.07 Å². The molecular formula is C20H29FN2O2. The van der Waals surface area contributed by atoms with Gasteiger partial charge in [-0.3, -0.25) is 4.79 Å². The smallest absolute Gasteiger partial charge is 0.220 e. The van der Waals surface area contributed by atoms with E-state index in [1.54, 1.807) is 6.07 Å². The number of aryl methyl sites for hydroxylation is 1. The van der Waals surface area contributed by atoms with Gasteiger partial charge >= 0.3 is 0 Å². The number of amides is 1. The third kappa shape index (κ3) is 5.18. The first-order valence-electron chi connectivity index (χ1n) is 9.50. The number of benzene rings is 1. The van der Waals surface area contributed by atoms with Gasteiger partial charge in [0.1, 0.15) is 5.82 Å². The number of hydrogen-bond donors (Lipinski definition) is 1. The minimum atomic E-state index is -0.198. The topological polar surface area (TPSA) is 41.6 Å². The highest BCUT2D eigenvalue weighted by atomic mass is 19.1. The van der Waals surface area contributed by atoms with Crippen LogP contribution in [0.1, 0.15) is 44.1 Å². The van der Waals surface area contributed by atoms with Gasteiger partial charge < -0.3 is 15.0 Å². The van der Waals surface area contributed by atoms with Crippen molar-refractivity contribution in [2.45, 2.75) is 51.5 Å². The second-order valence-electron chi connectivity index (χ2n) is 7.38. The van der Waals surface area contributed by atoms with Gasteiger partial charge in [-0.2, -0.15) is 0 Å². The van der Waals surface area contributed by atoms with E-state index in [9.17, 15) is 9.18 Å². The van der Waals surface area contributed by atoms with Crippen LogP contribution in [0.15, 0.2) is 18.2 Å². The first-order chi connectivity index (χ1) is 12.1. The predicted octanol–water partition coefficient (Wildman–Crippen LogP) is 3.43. The molecule has 3 rings (SSSR count). The molecule has 4 nitrogen and oxygen atoms in total. The van der Waals surface area contributed by atoms with Gasteiger partial charge in [-0.15, -0.1) is 0 Å². The predicted molar refractivity (Wildman–Crippen MR) is 97.3 cm³/mol. The summed E-state index contributed by atoms with van der Waals surface area (Å²) in [4.78, 5) is 14.6. The molecule has 138 valence electrons. The van der Waals surface area contributed by atoms with Crippen LogP contribution in [0.3, 0.4) is 0 Å². The van der Waals surface area contributed by atoms with Crippen molar-refractivity contribution in [3.8, 4) is 0 Å². The Kier molecular flexibility index (Phi) is 6.29. The molecule has 0 aliphatic carbocycles. The van der Waals surface area contributed by atoms with Crippen molar-refractivity contribution >= 4 is 11.6 Å². The van der Waals surface area contributed by atoms with Gasteiger partial charge in [0.05, 0.1) is 0 Å². The maximum atomic E-state index is 13.3. The average molecular weight is 348 g/mol. The molecule has 1 atom stereocenters. The van der Waals surface area contributed by atoms with Crippen LogP contribution >= 0.6 is 0 Å². The lowest BCUT2D eigenvalue weighted by Gasteiger charge is -2.35. The van der Waals surface area contributed by atoms with E-state index in [1.807, 2.05) is 13.0 Å². The van der Waals surface area contributed by atoms with E-state index in [4.69, 9.17) is 4.74 Å². The summed E-state index contributed by atoms with van der Waals surface area (Å²) in [6.45, 7) is 5.37. The Labute approximate surface area is 149 Å². The van der Waals surface area contributed by atoms with Gasteiger partial charge in [0, 0.05) is 44.5 Å². The number of piperidine rings is 1. The van der Waals surface area contributed by atoms with Crippen molar-refractivity contribution in [1.29, 1.82) is 0 Å². The number of anilines is 1. The third-order valence-corrected chi connectivity index (χ3v) is 5.41. The molecule has 1 aromatic rings. The molecule has 2 aliphatic heterocycles. The Bertz CT molecular complexity index is 587. The minimum Gasteiger partial charge on any atom is -0.381 e. The summed E-state index contributed by atoms with van der Waals surface area (Å²) in [7, 11) is 0. The van der Waals surface area contributed by atoms with Crippen LogP contribution in [0.25, 0.3) is 0 Å². The summed E-state index contributed by atoms with van der Waals surface area (Å²) in [5.41, 5.74) is 2.02. The van der Waals surface area contributed by atoms with E-state index in [0.29, 0.717) is 12.3 Å². The number of halogens is 1. The van der Waals surface area contributed by atoms with E-state index >= 15 is 0 Å². The number of ether oxygens (including phenoxy) is 1. The zero-order valence-electron chi connectivity index (χ0n) is 15.1. The Morgan fingerprint density at radius 1 is 1.32 bits per heavy atom. The van der Waals surface area contributed by atoms with E-state index < -0.39 is 0 Å². The molecule has 1 amide bonds. The summed E-state index contributed by atoms with van der Waals surface area (Å²) >= 11 is 0. The molecule has 2 fully saturated rings. The summed E-state index contributed by atoms with van der Waals surface area (Å²) in [6, 6.07) is 5.12. The number of carbonyl (C=O) groups is 1. The maximum Gasteiger partial charge on any atom is 0.220 e.